The first kappa shape index (κ1) is 22.6. The number of ether oxygens (including phenoxy) is 2. The molecule has 0 N–H and O–H groups in total. The minimum Gasteiger partial charge on any atom is -0.493 e. The van der Waals surface area contributed by atoms with Crippen LogP contribution in [0.5, 0.6) is 11.5 Å². The quantitative estimate of drug-likeness (QED) is 0.339. The molecular weight excluding hydrogens is 468 g/mol. The van der Waals surface area contributed by atoms with E-state index in [0.29, 0.717) is 45.4 Å². The summed E-state index contributed by atoms with van der Waals surface area (Å²) in [6.45, 7) is 4.28. The van der Waals surface area contributed by atoms with E-state index in [-0.39, 0.29) is 18.0 Å². The third-order valence-corrected chi connectivity index (χ3v) is 6.49. The molecule has 0 spiro atoms. The molecule has 0 aliphatic rings. The average molecular weight is 491 g/mol. The summed E-state index contributed by atoms with van der Waals surface area (Å²) in [5.41, 5.74) is 1.74. The highest BCUT2D eigenvalue weighted by Gasteiger charge is 2.19. The number of thiophene rings is 1. The van der Waals surface area contributed by atoms with E-state index in [0.717, 1.165) is 5.56 Å². The maximum atomic E-state index is 13.5. The number of aromatic nitrogens is 4. The molecule has 3 aromatic heterocycles. The van der Waals surface area contributed by atoms with Gasteiger partial charge >= 0.3 is 5.69 Å². The number of aryl methyl sites for hydroxylation is 1. The predicted octanol–water partition coefficient (Wildman–Crippen LogP) is 4.03. The molecular formula is C25H22N4O5S. The summed E-state index contributed by atoms with van der Waals surface area (Å²) >= 11 is 1.29. The van der Waals surface area contributed by atoms with Gasteiger partial charge in [-0.15, -0.1) is 11.3 Å². The van der Waals surface area contributed by atoms with Crippen molar-refractivity contribution in [1.82, 2.24) is 19.3 Å². The molecule has 9 nitrogen and oxygen atoms in total. The van der Waals surface area contributed by atoms with E-state index in [1.165, 1.54) is 20.5 Å². The maximum Gasteiger partial charge on any atom is 0.336 e. The Morgan fingerprint density at radius 2 is 1.91 bits per heavy atom. The number of nitrogens with zero attached hydrogens (tertiary/aromatic N) is 4. The number of hydrogen-bond donors (Lipinski definition) is 0. The molecule has 0 bridgehead atoms. The molecule has 0 aliphatic carbocycles. The summed E-state index contributed by atoms with van der Waals surface area (Å²) in [6, 6.07) is 14.4. The number of methoxy groups -OCH3 is 1. The zero-order valence-electron chi connectivity index (χ0n) is 19.3. The summed E-state index contributed by atoms with van der Waals surface area (Å²) < 4.78 is 19.6. The molecule has 10 heteroatoms. The lowest BCUT2D eigenvalue weighted by Crippen LogP contribution is -2.39. The fourth-order valence-electron chi connectivity index (χ4n) is 3.92. The second-order valence-corrected chi connectivity index (χ2v) is 8.66. The number of fused-ring (bicyclic) bond motifs is 1. The SMILES string of the molecule is CCOc1ccc(-c2noc(Cn3c(=O)n(-c4ccccc4C)c(=O)c4sccc43)n2)cc1OC. The second-order valence-electron chi connectivity index (χ2n) is 7.74. The van der Waals surface area contributed by atoms with Gasteiger partial charge in [0.25, 0.3) is 5.56 Å². The van der Waals surface area contributed by atoms with Crippen molar-refractivity contribution in [1.29, 1.82) is 0 Å². The van der Waals surface area contributed by atoms with Crippen LogP contribution >= 0.6 is 11.3 Å². The van der Waals surface area contributed by atoms with Crippen LogP contribution in [0.25, 0.3) is 27.3 Å². The van der Waals surface area contributed by atoms with Gasteiger partial charge in [0.15, 0.2) is 11.5 Å². The van der Waals surface area contributed by atoms with Crippen LogP contribution in [-0.2, 0) is 6.54 Å². The molecule has 0 radical (unpaired) electrons. The lowest BCUT2D eigenvalue weighted by atomic mass is 10.2. The first-order valence-electron chi connectivity index (χ1n) is 10.9. The summed E-state index contributed by atoms with van der Waals surface area (Å²) in [4.78, 5) is 31.2. The van der Waals surface area contributed by atoms with E-state index in [2.05, 4.69) is 10.1 Å². The predicted molar refractivity (Wildman–Crippen MR) is 133 cm³/mol. The number of rotatable bonds is 7. The van der Waals surface area contributed by atoms with Crippen molar-refractivity contribution in [3.63, 3.8) is 0 Å². The highest BCUT2D eigenvalue weighted by atomic mass is 32.1. The Kier molecular flexibility index (Phi) is 5.96. The standard InChI is InChI=1S/C25H22N4O5S/c1-4-33-19-10-9-16(13-20(19)32-3)23-26-21(34-27-23)14-28-18-11-12-35-22(18)24(30)29(25(28)31)17-8-6-5-7-15(17)2/h5-13H,4,14H2,1-3H3. The maximum absolute atomic E-state index is 13.5. The van der Waals surface area contributed by atoms with Crippen LogP contribution in [0.3, 0.4) is 0 Å². The Balaban J connectivity index is 1.57. The van der Waals surface area contributed by atoms with Gasteiger partial charge in [-0.1, -0.05) is 23.4 Å². The van der Waals surface area contributed by atoms with Crippen LogP contribution in [0, 0.1) is 6.92 Å². The van der Waals surface area contributed by atoms with Crippen LogP contribution in [0.4, 0.5) is 0 Å². The first-order chi connectivity index (χ1) is 17.0. The summed E-state index contributed by atoms with van der Waals surface area (Å²) in [6.07, 6.45) is 0. The Hall–Kier alpha value is -4.18. The Morgan fingerprint density at radius 3 is 2.69 bits per heavy atom. The van der Waals surface area contributed by atoms with Crippen molar-refractivity contribution in [2.45, 2.75) is 20.4 Å². The van der Waals surface area contributed by atoms with Crippen molar-refractivity contribution in [3.8, 4) is 28.6 Å². The number of benzene rings is 2. The molecule has 0 aliphatic heterocycles. The molecule has 35 heavy (non-hydrogen) atoms. The lowest BCUT2D eigenvalue weighted by Gasteiger charge is -2.12. The third-order valence-electron chi connectivity index (χ3n) is 5.59. The first-order valence-corrected chi connectivity index (χ1v) is 11.8. The molecule has 0 saturated carbocycles. The summed E-state index contributed by atoms with van der Waals surface area (Å²) in [7, 11) is 1.56. The average Bonchev–Trinajstić information content (AvgIpc) is 3.54. The smallest absolute Gasteiger partial charge is 0.336 e. The minimum absolute atomic E-state index is 0.0133. The fraction of sp³-hybridized carbons (Fsp3) is 0.200. The van der Waals surface area contributed by atoms with Crippen LogP contribution in [0.15, 0.2) is 68.0 Å². The second kappa shape index (κ2) is 9.22. The van der Waals surface area contributed by atoms with Crippen LogP contribution in [0.1, 0.15) is 18.4 Å². The van der Waals surface area contributed by atoms with Crippen LogP contribution in [0.2, 0.25) is 0 Å². The normalized spacial score (nSPS) is 11.2. The Morgan fingerprint density at radius 1 is 1.09 bits per heavy atom. The summed E-state index contributed by atoms with van der Waals surface area (Å²) in [5.74, 6) is 1.75. The third kappa shape index (κ3) is 4.01. The lowest BCUT2D eigenvalue weighted by molar-refractivity contribution is 0.311. The highest BCUT2D eigenvalue weighted by Crippen LogP contribution is 2.31. The molecule has 5 rings (SSSR count). The van der Waals surface area contributed by atoms with E-state index >= 15 is 0 Å². The molecule has 178 valence electrons. The van der Waals surface area contributed by atoms with Gasteiger partial charge in [0.2, 0.25) is 11.7 Å². The van der Waals surface area contributed by atoms with Gasteiger partial charge in [-0.2, -0.15) is 4.98 Å². The fourth-order valence-corrected chi connectivity index (χ4v) is 4.74. The Labute approximate surface area is 203 Å². The highest BCUT2D eigenvalue weighted by molar-refractivity contribution is 7.17. The van der Waals surface area contributed by atoms with Crippen LogP contribution < -0.4 is 20.7 Å². The van der Waals surface area contributed by atoms with Gasteiger partial charge in [0.05, 0.1) is 24.9 Å². The van der Waals surface area contributed by atoms with Gasteiger partial charge in [0.1, 0.15) is 11.2 Å². The van der Waals surface area contributed by atoms with Crippen molar-refractivity contribution in [2.24, 2.45) is 0 Å². The molecule has 0 atom stereocenters. The molecule has 0 fully saturated rings. The van der Waals surface area contributed by atoms with Crippen LogP contribution in [-0.4, -0.2) is 33.0 Å². The minimum atomic E-state index is -0.474. The molecule has 0 saturated heterocycles. The molecule has 2 aromatic carbocycles. The van der Waals surface area contributed by atoms with E-state index < -0.39 is 5.69 Å². The topological polar surface area (TPSA) is 101 Å². The van der Waals surface area contributed by atoms with E-state index in [1.807, 2.05) is 32.0 Å². The molecule has 0 unspecified atom stereocenters. The zero-order chi connectivity index (χ0) is 24.5. The van der Waals surface area contributed by atoms with Crippen molar-refractivity contribution in [2.75, 3.05) is 13.7 Å². The monoisotopic (exact) mass is 490 g/mol. The number of hydrogen-bond acceptors (Lipinski definition) is 8. The van der Waals surface area contributed by atoms with Crippen molar-refractivity contribution >= 4 is 21.6 Å². The van der Waals surface area contributed by atoms with Gasteiger partial charge in [0, 0.05) is 5.56 Å². The van der Waals surface area contributed by atoms with Gasteiger partial charge in [-0.3, -0.25) is 9.36 Å². The van der Waals surface area contributed by atoms with E-state index in [9.17, 15) is 9.59 Å². The number of para-hydroxylation sites is 1. The molecule has 5 aromatic rings. The zero-order valence-corrected chi connectivity index (χ0v) is 20.2. The molecule has 3 heterocycles. The van der Waals surface area contributed by atoms with E-state index in [1.54, 1.807) is 42.8 Å². The van der Waals surface area contributed by atoms with Gasteiger partial charge in [-0.05, 0) is 55.1 Å². The van der Waals surface area contributed by atoms with Gasteiger partial charge in [-0.25, -0.2) is 9.36 Å². The van der Waals surface area contributed by atoms with E-state index in [4.69, 9.17) is 14.0 Å². The molecule has 0 amide bonds. The van der Waals surface area contributed by atoms with Gasteiger partial charge < -0.3 is 14.0 Å². The van der Waals surface area contributed by atoms with Crippen molar-refractivity contribution < 1.29 is 14.0 Å². The van der Waals surface area contributed by atoms with Crippen molar-refractivity contribution in [3.05, 3.63) is 86.2 Å². The Bertz CT molecular complexity index is 1650. The largest absolute Gasteiger partial charge is 0.493 e. The summed E-state index contributed by atoms with van der Waals surface area (Å²) in [5, 5.41) is 5.87.